The van der Waals surface area contributed by atoms with E-state index in [1.54, 1.807) is 36.5 Å². The van der Waals surface area contributed by atoms with Gasteiger partial charge in [-0.05, 0) is 24.3 Å². The zero-order chi connectivity index (χ0) is 12.3. The van der Waals surface area contributed by atoms with Crippen molar-refractivity contribution in [3.05, 3.63) is 48.4 Å². The van der Waals surface area contributed by atoms with Crippen molar-refractivity contribution in [3.8, 4) is 17.0 Å². The van der Waals surface area contributed by atoms with Crippen LogP contribution >= 0.6 is 0 Å². The van der Waals surface area contributed by atoms with Crippen molar-refractivity contribution < 1.29 is 13.9 Å². The van der Waals surface area contributed by atoms with Crippen LogP contribution in [0.3, 0.4) is 0 Å². The van der Waals surface area contributed by atoms with Crippen LogP contribution in [0.1, 0.15) is 6.92 Å². The number of benzene rings is 1. The van der Waals surface area contributed by atoms with Crippen LogP contribution in [0.25, 0.3) is 11.3 Å². The largest absolute Gasteiger partial charge is 0.423 e. The lowest BCUT2D eigenvalue weighted by Gasteiger charge is -2.08. The van der Waals surface area contributed by atoms with Crippen LogP contribution in [0.5, 0.6) is 5.75 Å². The molecule has 0 aliphatic heterocycles. The van der Waals surface area contributed by atoms with Crippen molar-refractivity contribution in [2.45, 2.75) is 6.92 Å². The quantitative estimate of drug-likeness (QED) is 0.589. The molecule has 2 rings (SSSR count). The number of rotatable bonds is 2. The molecule has 0 spiro atoms. The first-order valence-corrected chi connectivity index (χ1v) is 5.07. The van der Waals surface area contributed by atoms with Gasteiger partial charge in [-0.2, -0.15) is 0 Å². The summed E-state index contributed by atoms with van der Waals surface area (Å²) >= 11 is 0. The van der Waals surface area contributed by atoms with Gasteiger partial charge in [-0.15, -0.1) is 0 Å². The molecule has 0 unspecified atom stereocenters. The highest BCUT2D eigenvalue weighted by Crippen LogP contribution is 2.31. The third-order valence-corrected chi connectivity index (χ3v) is 2.15. The number of esters is 1. The Morgan fingerprint density at radius 2 is 2.06 bits per heavy atom. The van der Waals surface area contributed by atoms with Gasteiger partial charge in [-0.3, -0.25) is 9.78 Å². The highest BCUT2D eigenvalue weighted by Gasteiger charge is 2.14. The van der Waals surface area contributed by atoms with Gasteiger partial charge in [-0.25, -0.2) is 4.39 Å². The van der Waals surface area contributed by atoms with Gasteiger partial charge in [0.25, 0.3) is 0 Å². The number of para-hydroxylation sites is 1. The molecule has 0 aliphatic carbocycles. The van der Waals surface area contributed by atoms with E-state index in [4.69, 9.17) is 4.74 Å². The van der Waals surface area contributed by atoms with Crippen LogP contribution in [-0.4, -0.2) is 11.0 Å². The second-order valence-electron chi connectivity index (χ2n) is 3.43. The van der Waals surface area contributed by atoms with E-state index in [1.807, 2.05) is 0 Å². The van der Waals surface area contributed by atoms with E-state index in [2.05, 4.69) is 4.98 Å². The fraction of sp³-hybridized carbons (Fsp3) is 0.0769. The minimum atomic E-state index is -0.580. The highest BCUT2D eigenvalue weighted by atomic mass is 19.1. The van der Waals surface area contributed by atoms with Crippen LogP contribution in [0.15, 0.2) is 42.6 Å². The molecule has 1 aromatic carbocycles. The molecule has 0 saturated heterocycles. The summed E-state index contributed by atoms with van der Waals surface area (Å²) in [7, 11) is 0. The third kappa shape index (κ3) is 2.47. The average Bonchev–Trinajstić information content (AvgIpc) is 2.32. The molecule has 4 heteroatoms. The Morgan fingerprint density at radius 1 is 1.24 bits per heavy atom. The van der Waals surface area contributed by atoms with Gasteiger partial charge in [-0.1, -0.05) is 12.1 Å². The fourth-order valence-electron chi connectivity index (χ4n) is 1.48. The van der Waals surface area contributed by atoms with Gasteiger partial charge in [0.2, 0.25) is 0 Å². The maximum Gasteiger partial charge on any atom is 0.308 e. The maximum absolute atomic E-state index is 13.6. The number of halogens is 1. The van der Waals surface area contributed by atoms with Crippen LogP contribution in [0, 0.1) is 5.82 Å². The van der Waals surface area contributed by atoms with E-state index in [-0.39, 0.29) is 5.75 Å². The van der Waals surface area contributed by atoms with Gasteiger partial charge in [0.05, 0.1) is 5.69 Å². The van der Waals surface area contributed by atoms with Crippen LogP contribution in [-0.2, 0) is 4.79 Å². The van der Waals surface area contributed by atoms with Crippen molar-refractivity contribution in [1.82, 2.24) is 4.98 Å². The molecule has 1 aromatic heterocycles. The molecule has 0 amide bonds. The van der Waals surface area contributed by atoms with Crippen molar-refractivity contribution in [3.63, 3.8) is 0 Å². The van der Waals surface area contributed by atoms with Crippen molar-refractivity contribution >= 4 is 5.97 Å². The number of carbonyl (C=O) groups excluding carboxylic acids is 1. The predicted octanol–water partition coefficient (Wildman–Crippen LogP) is 2.81. The molecule has 0 fully saturated rings. The molecule has 0 saturated carbocycles. The zero-order valence-corrected chi connectivity index (χ0v) is 9.18. The normalized spacial score (nSPS) is 10.0. The summed E-state index contributed by atoms with van der Waals surface area (Å²) in [5.41, 5.74) is 1.02. The summed E-state index contributed by atoms with van der Waals surface area (Å²) in [6, 6.07) is 9.71. The van der Waals surface area contributed by atoms with Gasteiger partial charge in [0, 0.05) is 18.7 Å². The summed E-state index contributed by atoms with van der Waals surface area (Å²) in [5.74, 6) is -1.23. The molecule has 0 radical (unpaired) electrons. The number of hydrogen-bond acceptors (Lipinski definition) is 3. The molecule has 0 bridgehead atoms. The summed E-state index contributed by atoms with van der Waals surface area (Å²) in [6.45, 7) is 1.23. The minimum Gasteiger partial charge on any atom is -0.423 e. The lowest BCUT2D eigenvalue weighted by atomic mass is 10.1. The summed E-state index contributed by atoms with van der Waals surface area (Å²) in [4.78, 5) is 15.0. The average molecular weight is 231 g/mol. The van der Waals surface area contributed by atoms with Crippen LogP contribution in [0.2, 0.25) is 0 Å². The van der Waals surface area contributed by atoms with Crippen LogP contribution in [0.4, 0.5) is 4.39 Å². The standard InChI is InChI=1S/C13H10FNO2/c1-9(16)17-13-10(5-4-6-11(13)14)12-7-2-3-8-15-12/h2-8H,1H3. The Labute approximate surface area is 97.9 Å². The molecule has 17 heavy (non-hydrogen) atoms. The Balaban J connectivity index is 2.54. The van der Waals surface area contributed by atoms with Crippen molar-refractivity contribution in [1.29, 1.82) is 0 Å². The number of pyridine rings is 1. The second kappa shape index (κ2) is 4.74. The van der Waals surface area contributed by atoms with Gasteiger partial charge >= 0.3 is 5.97 Å². The lowest BCUT2D eigenvalue weighted by Crippen LogP contribution is -2.04. The SMILES string of the molecule is CC(=O)Oc1c(F)cccc1-c1ccccn1. The highest BCUT2D eigenvalue weighted by molar-refractivity contribution is 5.75. The number of ether oxygens (including phenoxy) is 1. The Hall–Kier alpha value is -2.23. The second-order valence-corrected chi connectivity index (χ2v) is 3.43. The number of nitrogens with zero attached hydrogens (tertiary/aromatic N) is 1. The molecule has 0 aliphatic rings. The molecule has 0 atom stereocenters. The first-order chi connectivity index (χ1) is 8.18. The molecule has 3 nitrogen and oxygen atoms in total. The molecular weight excluding hydrogens is 221 g/mol. The van der Waals surface area contributed by atoms with E-state index in [1.165, 1.54) is 13.0 Å². The molecule has 0 N–H and O–H groups in total. The number of carbonyl (C=O) groups is 1. The first-order valence-electron chi connectivity index (χ1n) is 5.07. The topological polar surface area (TPSA) is 39.2 Å². The van der Waals surface area contributed by atoms with E-state index in [0.29, 0.717) is 11.3 Å². The smallest absolute Gasteiger partial charge is 0.308 e. The van der Waals surface area contributed by atoms with Gasteiger partial charge in [0.1, 0.15) is 0 Å². The van der Waals surface area contributed by atoms with E-state index < -0.39 is 11.8 Å². The molecule has 86 valence electrons. The monoisotopic (exact) mass is 231 g/mol. The maximum atomic E-state index is 13.6. The fourth-order valence-corrected chi connectivity index (χ4v) is 1.48. The predicted molar refractivity (Wildman–Crippen MR) is 60.9 cm³/mol. The zero-order valence-electron chi connectivity index (χ0n) is 9.18. The van der Waals surface area contributed by atoms with E-state index in [0.717, 1.165) is 0 Å². The summed E-state index contributed by atoms with van der Waals surface area (Å²) < 4.78 is 18.5. The molecular formula is C13H10FNO2. The molecule has 1 heterocycles. The van der Waals surface area contributed by atoms with Crippen molar-refractivity contribution in [2.75, 3.05) is 0 Å². The Bertz CT molecular complexity index is 540. The van der Waals surface area contributed by atoms with Crippen LogP contribution < -0.4 is 4.74 Å². The lowest BCUT2D eigenvalue weighted by molar-refractivity contribution is -0.132. The minimum absolute atomic E-state index is 0.0845. The Kier molecular flexibility index (Phi) is 3.14. The summed E-state index contributed by atoms with van der Waals surface area (Å²) in [5, 5.41) is 0. The number of hydrogen-bond donors (Lipinski definition) is 0. The summed E-state index contributed by atoms with van der Waals surface area (Å²) in [6.07, 6.45) is 1.60. The number of aromatic nitrogens is 1. The molecule has 2 aromatic rings. The van der Waals surface area contributed by atoms with Gasteiger partial charge < -0.3 is 4.74 Å². The van der Waals surface area contributed by atoms with E-state index in [9.17, 15) is 9.18 Å². The first kappa shape index (κ1) is 11.3. The van der Waals surface area contributed by atoms with E-state index >= 15 is 0 Å². The van der Waals surface area contributed by atoms with Crippen molar-refractivity contribution in [2.24, 2.45) is 0 Å². The van der Waals surface area contributed by atoms with Gasteiger partial charge in [0.15, 0.2) is 11.6 Å². The third-order valence-electron chi connectivity index (χ3n) is 2.15. The Morgan fingerprint density at radius 3 is 2.71 bits per heavy atom.